The first-order valence-corrected chi connectivity index (χ1v) is 6.13. The molecule has 2 N–H and O–H groups in total. The number of likely N-dealkylation sites (tertiary alicyclic amines) is 1. The van der Waals surface area contributed by atoms with Crippen molar-refractivity contribution >= 4 is 0 Å². The molecule has 16 heavy (non-hydrogen) atoms. The van der Waals surface area contributed by atoms with Crippen molar-refractivity contribution in [2.24, 2.45) is 5.73 Å². The van der Waals surface area contributed by atoms with Gasteiger partial charge >= 0.3 is 0 Å². The number of hydrogen-bond donors (Lipinski definition) is 1. The topological polar surface area (TPSA) is 29.3 Å². The van der Waals surface area contributed by atoms with Crippen molar-refractivity contribution in [3.05, 3.63) is 34.9 Å². The first-order valence-electron chi connectivity index (χ1n) is 6.13. The van der Waals surface area contributed by atoms with Gasteiger partial charge in [-0.2, -0.15) is 0 Å². The Morgan fingerprint density at radius 3 is 2.69 bits per heavy atom. The maximum absolute atomic E-state index is 6.04. The molecule has 0 bridgehead atoms. The number of rotatable bonds is 2. The summed E-state index contributed by atoms with van der Waals surface area (Å²) >= 11 is 0. The molecule has 0 amide bonds. The number of hydrogen-bond acceptors (Lipinski definition) is 2. The van der Waals surface area contributed by atoms with Crippen LogP contribution in [-0.2, 0) is 6.54 Å². The first kappa shape index (κ1) is 11.6. The summed E-state index contributed by atoms with van der Waals surface area (Å²) in [5.41, 5.74) is 10.2. The van der Waals surface area contributed by atoms with Crippen LogP contribution < -0.4 is 5.73 Å². The van der Waals surface area contributed by atoms with Crippen LogP contribution in [0.3, 0.4) is 0 Å². The second kappa shape index (κ2) is 4.56. The van der Waals surface area contributed by atoms with Crippen LogP contribution in [0.5, 0.6) is 0 Å². The molecule has 0 saturated carbocycles. The molecule has 2 nitrogen and oxygen atoms in total. The Bertz CT molecular complexity index is 373. The lowest BCUT2D eigenvalue weighted by atomic mass is 10.0. The van der Waals surface area contributed by atoms with Gasteiger partial charge in [0.1, 0.15) is 0 Å². The number of nitrogens with zero attached hydrogens (tertiary/aromatic N) is 1. The number of nitrogens with two attached hydrogens (primary N) is 1. The summed E-state index contributed by atoms with van der Waals surface area (Å²) in [6, 6.07) is 7.58. The second-order valence-corrected chi connectivity index (χ2v) is 5.09. The highest BCUT2D eigenvalue weighted by molar-refractivity contribution is 5.30. The van der Waals surface area contributed by atoms with Crippen LogP contribution in [0.1, 0.15) is 30.0 Å². The molecule has 1 saturated heterocycles. The van der Waals surface area contributed by atoms with Gasteiger partial charge < -0.3 is 5.73 Å². The molecule has 2 unspecified atom stereocenters. The highest BCUT2D eigenvalue weighted by Crippen LogP contribution is 2.20. The standard InChI is InChI=1S/C14H22N2/c1-10-4-5-13(11(2)8-10)9-16-7-6-14(15)12(16)3/h4-5,8,12,14H,6-7,9,15H2,1-3H3. The SMILES string of the molecule is Cc1ccc(CN2CCC(N)C2C)c(C)c1. The Morgan fingerprint density at radius 2 is 2.12 bits per heavy atom. The summed E-state index contributed by atoms with van der Waals surface area (Å²) in [6.07, 6.45) is 1.13. The van der Waals surface area contributed by atoms with Crippen molar-refractivity contribution in [3.63, 3.8) is 0 Å². The molecule has 0 radical (unpaired) electrons. The minimum Gasteiger partial charge on any atom is -0.326 e. The molecule has 88 valence electrons. The monoisotopic (exact) mass is 218 g/mol. The van der Waals surface area contributed by atoms with E-state index >= 15 is 0 Å². The summed E-state index contributed by atoms with van der Waals surface area (Å²) in [6.45, 7) is 8.76. The fourth-order valence-corrected chi connectivity index (χ4v) is 2.50. The molecule has 1 aromatic carbocycles. The molecule has 2 heteroatoms. The number of benzene rings is 1. The Kier molecular flexibility index (Phi) is 3.31. The van der Waals surface area contributed by atoms with Gasteiger partial charge in [-0.05, 0) is 38.3 Å². The summed E-state index contributed by atoms with van der Waals surface area (Å²) in [4.78, 5) is 2.49. The third kappa shape index (κ3) is 2.28. The van der Waals surface area contributed by atoms with Crippen LogP contribution in [0.4, 0.5) is 0 Å². The minimum atomic E-state index is 0.353. The van der Waals surface area contributed by atoms with E-state index in [9.17, 15) is 0 Å². The Balaban J connectivity index is 2.09. The highest BCUT2D eigenvalue weighted by Gasteiger charge is 2.27. The van der Waals surface area contributed by atoms with Gasteiger partial charge in [-0.1, -0.05) is 23.8 Å². The molecule has 2 rings (SSSR count). The van der Waals surface area contributed by atoms with Crippen LogP contribution >= 0.6 is 0 Å². The van der Waals surface area contributed by atoms with E-state index in [1.807, 2.05) is 0 Å². The van der Waals surface area contributed by atoms with E-state index in [1.54, 1.807) is 0 Å². The van der Waals surface area contributed by atoms with Crippen LogP contribution in [0.15, 0.2) is 18.2 Å². The van der Waals surface area contributed by atoms with Crippen LogP contribution in [0.2, 0.25) is 0 Å². The molecule has 1 aliphatic heterocycles. The van der Waals surface area contributed by atoms with Gasteiger partial charge in [-0.3, -0.25) is 4.90 Å². The van der Waals surface area contributed by atoms with Crippen LogP contribution in [-0.4, -0.2) is 23.5 Å². The van der Waals surface area contributed by atoms with Crippen molar-refractivity contribution < 1.29 is 0 Å². The van der Waals surface area contributed by atoms with Crippen molar-refractivity contribution in [1.29, 1.82) is 0 Å². The smallest absolute Gasteiger partial charge is 0.0239 e. The van der Waals surface area contributed by atoms with Gasteiger partial charge in [0.2, 0.25) is 0 Å². The van der Waals surface area contributed by atoms with E-state index in [-0.39, 0.29) is 0 Å². The summed E-state index contributed by atoms with van der Waals surface area (Å²) in [5, 5.41) is 0. The van der Waals surface area contributed by atoms with E-state index in [0.717, 1.165) is 19.5 Å². The minimum absolute atomic E-state index is 0.353. The second-order valence-electron chi connectivity index (χ2n) is 5.09. The van der Waals surface area contributed by atoms with Gasteiger partial charge in [0.25, 0.3) is 0 Å². The normalized spacial score (nSPS) is 26.2. The quantitative estimate of drug-likeness (QED) is 0.824. The van der Waals surface area contributed by atoms with Gasteiger partial charge in [0, 0.05) is 25.2 Å². The molecule has 0 aliphatic carbocycles. The zero-order valence-electron chi connectivity index (χ0n) is 10.5. The van der Waals surface area contributed by atoms with Crippen molar-refractivity contribution in [1.82, 2.24) is 4.90 Å². The summed E-state index contributed by atoms with van der Waals surface area (Å²) in [5.74, 6) is 0. The largest absolute Gasteiger partial charge is 0.326 e. The average Bonchev–Trinajstić information content (AvgIpc) is 2.54. The van der Waals surface area contributed by atoms with Crippen molar-refractivity contribution in [3.8, 4) is 0 Å². The molecule has 1 aromatic rings. The molecule has 0 aromatic heterocycles. The molecule has 2 atom stereocenters. The lowest BCUT2D eigenvalue weighted by Crippen LogP contribution is -2.36. The highest BCUT2D eigenvalue weighted by atomic mass is 15.2. The van der Waals surface area contributed by atoms with Gasteiger partial charge in [0.05, 0.1) is 0 Å². The fourth-order valence-electron chi connectivity index (χ4n) is 2.50. The molecule has 1 aliphatic rings. The number of aryl methyl sites for hydroxylation is 2. The van der Waals surface area contributed by atoms with Gasteiger partial charge in [-0.25, -0.2) is 0 Å². The predicted molar refractivity (Wildman–Crippen MR) is 68.4 cm³/mol. The van der Waals surface area contributed by atoms with Crippen molar-refractivity contribution in [2.45, 2.75) is 45.8 Å². The third-order valence-electron chi connectivity index (χ3n) is 3.82. The summed E-state index contributed by atoms with van der Waals surface area (Å²) in [7, 11) is 0. The molecule has 1 fully saturated rings. The van der Waals surface area contributed by atoms with E-state index in [1.165, 1.54) is 16.7 Å². The molecule has 1 heterocycles. The average molecular weight is 218 g/mol. The molecular weight excluding hydrogens is 196 g/mol. The predicted octanol–water partition coefficient (Wildman–Crippen LogP) is 2.22. The van der Waals surface area contributed by atoms with E-state index in [2.05, 4.69) is 43.9 Å². The lowest BCUT2D eigenvalue weighted by Gasteiger charge is -2.23. The maximum atomic E-state index is 6.04. The first-order chi connectivity index (χ1) is 7.58. The molecular formula is C14H22N2. The van der Waals surface area contributed by atoms with Crippen molar-refractivity contribution in [2.75, 3.05) is 6.54 Å². The lowest BCUT2D eigenvalue weighted by molar-refractivity contribution is 0.251. The Labute approximate surface area is 98.4 Å². The summed E-state index contributed by atoms with van der Waals surface area (Å²) < 4.78 is 0. The molecule has 0 spiro atoms. The Morgan fingerprint density at radius 1 is 1.38 bits per heavy atom. The zero-order chi connectivity index (χ0) is 11.7. The van der Waals surface area contributed by atoms with E-state index < -0.39 is 0 Å². The van der Waals surface area contributed by atoms with Gasteiger partial charge in [0.15, 0.2) is 0 Å². The maximum Gasteiger partial charge on any atom is 0.0239 e. The zero-order valence-corrected chi connectivity index (χ0v) is 10.5. The third-order valence-corrected chi connectivity index (χ3v) is 3.82. The Hall–Kier alpha value is -0.860. The van der Waals surface area contributed by atoms with E-state index in [4.69, 9.17) is 5.73 Å². The van der Waals surface area contributed by atoms with Crippen LogP contribution in [0.25, 0.3) is 0 Å². The van der Waals surface area contributed by atoms with E-state index in [0.29, 0.717) is 12.1 Å². The fraction of sp³-hybridized carbons (Fsp3) is 0.571. The van der Waals surface area contributed by atoms with Gasteiger partial charge in [-0.15, -0.1) is 0 Å². The van der Waals surface area contributed by atoms with Crippen LogP contribution in [0, 0.1) is 13.8 Å².